The molecule has 1 saturated carbocycles. The summed E-state index contributed by atoms with van der Waals surface area (Å²) < 4.78 is 5.18. The zero-order chi connectivity index (χ0) is 14.3. The molecule has 1 atom stereocenters. The van der Waals surface area contributed by atoms with Crippen LogP contribution in [0.25, 0.3) is 0 Å². The number of hydrogen-bond donors (Lipinski definition) is 1. The van der Waals surface area contributed by atoms with Gasteiger partial charge in [-0.2, -0.15) is 0 Å². The van der Waals surface area contributed by atoms with Crippen molar-refractivity contribution in [1.82, 2.24) is 10.2 Å². The van der Waals surface area contributed by atoms with Crippen molar-refractivity contribution >= 4 is 5.97 Å². The van der Waals surface area contributed by atoms with Crippen molar-refractivity contribution in [3.8, 4) is 0 Å². The summed E-state index contributed by atoms with van der Waals surface area (Å²) in [5, 5.41) is 3.33. The molecule has 0 aromatic carbocycles. The molecular weight excluding hydrogens is 240 g/mol. The lowest BCUT2D eigenvalue weighted by Gasteiger charge is -2.28. The SMILES string of the molecule is CCCN(CC1CC1)CC(NC(C)C)C(=O)OCC. The molecule has 1 rings (SSSR count). The highest BCUT2D eigenvalue weighted by Gasteiger charge is 2.28. The van der Waals surface area contributed by atoms with Gasteiger partial charge in [-0.1, -0.05) is 20.8 Å². The summed E-state index contributed by atoms with van der Waals surface area (Å²) in [6, 6.07) is 0.0871. The molecule has 0 spiro atoms. The molecule has 0 bridgehead atoms. The van der Waals surface area contributed by atoms with Crippen LogP contribution >= 0.6 is 0 Å². The van der Waals surface area contributed by atoms with Crippen LogP contribution in [0.1, 0.15) is 47.0 Å². The Kier molecular flexibility index (Phi) is 7.39. The van der Waals surface area contributed by atoms with Gasteiger partial charge in [0.15, 0.2) is 0 Å². The van der Waals surface area contributed by atoms with Crippen LogP contribution in [0.15, 0.2) is 0 Å². The van der Waals surface area contributed by atoms with E-state index in [-0.39, 0.29) is 12.0 Å². The molecule has 0 heterocycles. The summed E-state index contributed by atoms with van der Waals surface area (Å²) in [7, 11) is 0. The topological polar surface area (TPSA) is 41.6 Å². The van der Waals surface area contributed by atoms with Crippen LogP contribution in [0.4, 0.5) is 0 Å². The van der Waals surface area contributed by atoms with Crippen molar-refractivity contribution in [1.29, 1.82) is 0 Å². The molecular formula is C15H30N2O2. The van der Waals surface area contributed by atoms with Crippen LogP contribution in [0.5, 0.6) is 0 Å². The van der Waals surface area contributed by atoms with Crippen molar-refractivity contribution < 1.29 is 9.53 Å². The molecule has 4 nitrogen and oxygen atoms in total. The van der Waals surface area contributed by atoms with Gasteiger partial charge in [0.25, 0.3) is 0 Å². The minimum absolute atomic E-state index is 0.117. The van der Waals surface area contributed by atoms with Gasteiger partial charge in [-0.05, 0) is 38.6 Å². The van der Waals surface area contributed by atoms with E-state index in [4.69, 9.17) is 4.74 Å². The smallest absolute Gasteiger partial charge is 0.324 e. The summed E-state index contributed by atoms with van der Waals surface area (Å²) in [6.07, 6.45) is 3.83. The van der Waals surface area contributed by atoms with E-state index in [1.165, 1.54) is 12.8 Å². The first kappa shape index (κ1) is 16.4. The summed E-state index contributed by atoms with van der Waals surface area (Å²) in [4.78, 5) is 14.4. The van der Waals surface area contributed by atoms with Gasteiger partial charge >= 0.3 is 5.97 Å². The quantitative estimate of drug-likeness (QED) is 0.617. The second-order valence-corrected chi connectivity index (χ2v) is 5.83. The Morgan fingerprint density at radius 3 is 2.53 bits per heavy atom. The first-order valence-electron chi connectivity index (χ1n) is 7.71. The fourth-order valence-corrected chi connectivity index (χ4v) is 2.34. The maximum Gasteiger partial charge on any atom is 0.324 e. The number of carbonyl (C=O) groups excluding carboxylic acids is 1. The van der Waals surface area contributed by atoms with Gasteiger partial charge in [0.2, 0.25) is 0 Å². The van der Waals surface area contributed by atoms with Gasteiger partial charge in [-0.25, -0.2) is 0 Å². The van der Waals surface area contributed by atoms with E-state index in [9.17, 15) is 4.79 Å². The molecule has 1 N–H and O–H groups in total. The lowest BCUT2D eigenvalue weighted by Crippen LogP contribution is -2.49. The molecule has 1 aliphatic rings. The molecule has 19 heavy (non-hydrogen) atoms. The third-order valence-corrected chi connectivity index (χ3v) is 3.30. The summed E-state index contributed by atoms with van der Waals surface area (Å²) in [5.74, 6) is 0.738. The van der Waals surface area contributed by atoms with Gasteiger partial charge < -0.3 is 15.0 Å². The average molecular weight is 270 g/mol. The highest BCUT2D eigenvalue weighted by molar-refractivity contribution is 5.76. The molecule has 112 valence electrons. The Labute approximate surface area is 117 Å². The van der Waals surface area contributed by atoms with Gasteiger partial charge in [0, 0.05) is 19.1 Å². The van der Waals surface area contributed by atoms with E-state index < -0.39 is 0 Å². The van der Waals surface area contributed by atoms with Gasteiger partial charge in [0.05, 0.1) is 6.61 Å². The molecule has 0 amide bonds. The van der Waals surface area contributed by atoms with Crippen molar-refractivity contribution in [2.24, 2.45) is 5.92 Å². The average Bonchev–Trinajstić information content (AvgIpc) is 3.12. The number of nitrogens with zero attached hydrogens (tertiary/aromatic N) is 1. The molecule has 1 unspecified atom stereocenters. The summed E-state index contributed by atoms with van der Waals surface area (Å²) >= 11 is 0. The van der Waals surface area contributed by atoms with Crippen LogP contribution in [-0.4, -0.2) is 49.2 Å². The molecule has 1 aliphatic carbocycles. The minimum atomic E-state index is -0.203. The standard InChI is InChI=1S/C15H30N2O2/c1-5-9-17(10-13-7-8-13)11-14(16-12(3)4)15(18)19-6-2/h12-14,16H,5-11H2,1-4H3. The number of ether oxygens (including phenoxy) is 1. The maximum absolute atomic E-state index is 12.0. The van der Waals surface area contributed by atoms with Crippen molar-refractivity contribution in [2.45, 2.75) is 59.0 Å². The summed E-state index contributed by atoms with van der Waals surface area (Å²) in [6.45, 7) is 11.6. The minimum Gasteiger partial charge on any atom is -0.465 e. The van der Waals surface area contributed by atoms with Crippen molar-refractivity contribution in [2.75, 3.05) is 26.2 Å². The zero-order valence-corrected chi connectivity index (χ0v) is 12.9. The Bertz CT molecular complexity index is 265. The molecule has 1 fully saturated rings. The molecule has 0 aromatic heterocycles. The van der Waals surface area contributed by atoms with Crippen molar-refractivity contribution in [3.63, 3.8) is 0 Å². The highest BCUT2D eigenvalue weighted by Crippen LogP contribution is 2.29. The van der Waals surface area contributed by atoms with Crippen LogP contribution < -0.4 is 5.32 Å². The number of esters is 1. The van der Waals surface area contributed by atoms with E-state index in [0.717, 1.165) is 32.0 Å². The Balaban J connectivity index is 2.52. The molecule has 4 heteroatoms. The number of rotatable bonds is 10. The van der Waals surface area contributed by atoms with E-state index in [2.05, 4.69) is 31.0 Å². The van der Waals surface area contributed by atoms with Crippen LogP contribution in [0, 0.1) is 5.92 Å². The number of carbonyl (C=O) groups is 1. The number of nitrogens with one attached hydrogen (secondary N) is 1. The Morgan fingerprint density at radius 2 is 2.05 bits per heavy atom. The second-order valence-electron chi connectivity index (χ2n) is 5.83. The Hall–Kier alpha value is -0.610. The van der Waals surface area contributed by atoms with E-state index >= 15 is 0 Å². The fraction of sp³-hybridized carbons (Fsp3) is 0.933. The molecule has 0 aromatic rings. The normalized spacial score (nSPS) is 16.9. The second kappa shape index (κ2) is 8.54. The van der Waals surface area contributed by atoms with Gasteiger partial charge in [-0.3, -0.25) is 4.79 Å². The largest absolute Gasteiger partial charge is 0.465 e. The molecule has 0 aliphatic heterocycles. The molecule has 0 radical (unpaired) electrons. The third-order valence-electron chi connectivity index (χ3n) is 3.30. The van der Waals surface area contributed by atoms with E-state index in [1.54, 1.807) is 0 Å². The highest BCUT2D eigenvalue weighted by atomic mass is 16.5. The van der Waals surface area contributed by atoms with E-state index in [0.29, 0.717) is 12.6 Å². The van der Waals surface area contributed by atoms with Crippen molar-refractivity contribution in [3.05, 3.63) is 0 Å². The first-order chi connectivity index (χ1) is 9.06. The Morgan fingerprint density at radius 1 is 1.37 bits per heavy atom. The predicted octanol–water partition coefficient (Wildman–Crippen LogP) is 2.04. The van der Waals surface area contributed by atoms with Crippen LogP contribution in [0.3, 0.4) is 0 Å². The van der Waals surface area contributed by atoms with Crippen LogP contribution in [-0.2, 0) is 9.53 Å². The zero-order valence-electron chi connectivity index (χ0n) is 12.9. The molecule has 0 saturated heterocycles. The van der Waals surface area contributed by atoms with E-state index in [1.807, 2.05) is 6.92 Å². The van der Waals surface area contributed by atoms with Crippen LogP contribution in [0.2, 0.25) is 0 Å². The fourth-order valence-electron chi connectivity index (χ4n) is 2.34. The van der Waals surface area contributed by atoms with Gasteiger partial charge in [-0.15, -0.1) is 0 Å². The lowest BCUT2D eigenvalue weighted by molar-refractivity contribution is -0.146. The third kappa shape index (κ3) is 6.92. The monoisotopic (exact) mass is 270 g/mol. The predicted molar refractivity (Wildman–Crippen MR) is 78.1 cm³/mol. The summed E-state index contributed by atoms with van der Waals surface area (Å²) in [5.41, 5.74) is 0. The maximum atomic E-state index is 12.0. The number of hydrogen-bond acceptors (Lipinski definition) is 4. The first-order valence-corrected chi connectivity index (χ1v) is 7.71. The lowest BCUT2D eigenvalue weighted by atomic mass is 10.2. The van der Waals surface area contributed by atoms with Gasteiger partial charge in [0.1, 0.15) is 6.04 Å².